The summed E-state index contributed by atoms with van der Waals surface area (Å²) in [5, 5.41) is 19.8. The van der Waals surface area contributed by atoms with Gasteiger partial charge in [0.2, 0.25) is 0 Å². The molecule has 0 aliphatic rings. The zero-order valence-electron chi connectivity index (χ0n) is 24.4. The van der Waals surface area contributed by atoms with E-state index in [1.165, 1.54) is 14.6 Å². The monoisotopic (exact) mass is 656 g/mol. The minimum absolute atomic E-state index is 0.257. The van der Waals surface area contributed by atoms with Crippen LogP contribution in [0.15, 0.2) is 89.3 Å². The van der Waals surface area contributed by atoms with Crippen molar-refractivity contribution in [2.24, 2.45) is 0 Å². The quantitative estimate of drug-likeness (QED) is 0.100. The standard InChI is InChI=1S/C33H32N6O3S3/c1-4-31(43-19-1)10-7-27-14-17-37(35-27)24-40-22-30(42-26-39-29(13-16-34-39)9-12-33-6-3-21-45-33)23-41-25-38-18-15-28(36-38)8-11-32-5-2-20-44-32/h1-21,30H,22-26H2/b10-7+,11-8+,12-9+. The summed E-state index contributed by atoms with van der Waals surface area (Å²) in [5.41, 5.74) is 2.69. The topological polar surface area (TPSA) is 81.1 Å². The summed E-state index contributed by atoms with van der Waals surface area (Å²) in [6.07, 6.45) is 17.4. The van der Waals surface area contributed by atoms with Gasteiger partial charge in [0.05, 0.1) is 30.3 Å². The average Bonchev–Trinajstić information content (AvgIpc) is 3.89. The van der Waals surface area contributed by atoms with E-state index in [9.17, 15) is 0 Å². The normalized spacial score (nSPS) is 12.2. The van der Waals surface area contributed by atoms with Crippen LogP contribution in [0.2, 0.25) is 0 Å². The Hall–Kier alpha value is -4.17. The third-order valence-electron chi connectivity index (χ3n) is 6.44. The smallest absolute Gasteiger partial charge is 0.140 e. The predicted molar refractivity (Wildman–Crippen MR) is 183 cm³/mol. The zero-order valence-corrected chi connectivity index (χ0v) is 26.8. The van der Waals surface area contributed by atoms with Gasteiger partial charge in [-0.15, -0.1) is 34.0 Å². The Labute approximate surface area is 273 Å². The molecule has 6 aromatic rings. The molecule has 0 saturated carbocycles. The van der Waals surface area contributed by atoms with E-state index >= 15 is 0 Å². The largest absolute Gasteiger partial charge is 0.356 e. The van der Waals surface area contributed by atoms with Crippen LogP contribution < -0.4 is 0 Å². The van der Waals surface area contributed by atoms with Crippen molar-refractivity contribution in [3.63, 3.8) is 0 Å². The molecule has 0 atom stereocenters. The van der Waals surface area contributed by atoms with Gasteiger partial charge in [-0.3, -0.25) is 0 Å². The second-order valence-electron chi connectivity index (χ2n) is 9.78. The van der Waals surface area contributed by atoms with Gasteiger partial charge in [-0.25, -0.2) is 14.0 Å². The molecule has 0 fully saturated rings. The molecule has 6 heterocycles. The van der Waals surface area contributed by atoms with Crippen molar-refractivity contribution in [3.8, 4) is 0 Å². The highest BCUT2D eigenvalue weighted by atomic mass is 32.1. The van der Waals surface area contributed by atoms with Crippen LogP contribution >= 0.6 is 34.0 Å². The molecule has 0 spiro atoms. The molecule has 0 radical (unpaired) electrons. The van der Waals surface area contributed by atoms with E-state index in [1.807, 2.05) is 71.7 Å². The molecule has 0 bridgehead atoms. The Kier molecular flexibility index (Phi) is 11.1. The average molecular weight is 657 g/mol. The van der Waals surface area contributed by atoms with Crippen molar-refractivity contribution in [1.29, 1.82) is 0 Å². The van der Waals surface area contributed by atoms with Gasteiger partial charge < -0.3 is 14.2 Å². The Morgan fingerprint density at radius 2 is 1.16 bits per heavy atom. The first-order valence-electron chi connectivity index (χ1n) is 14.3. The number of ether oxygens (including phenoxy) is 3. The molecule has 0 saturated heterocycles. The predicted octanol–water partition coefficient (Wildman–Crippen LogP) is 7.66. The van der Waals surface area contributed by atoms with Crippen LogP contribution in [0.4, 0.5) is 0 Å². The summed E-state index contributed by atoms with van der Waals surface area (Å²) in [7, 11) is 0. The summed E-state index contributed by atoms with van der Waals surface area (Å²) in [4.78, 5) is 3.55. The molecule has 0 amide bonds. The summed E-state index contributed by atoms with van der Waals surface area (Å²) in [5.74, 6) is 0. The van der Waals surface area contributed by atoms with Gasteiger partial charge in [0.1, 0.15) is 26.3 Å². The van der Waals surface area contributed by atoms with Crippen LogP contribution in [-0.2, 0) is 34.4 Å². The molecule has 9 nitrogen and oxygen atoms in total. The number of hydrogen-bond donors (Lipinski definition) is 0. The van der Waals surface area contributed by atoms with Gasteiger partial charge >= 0.3 is 0 Å². The number of hydrogen-bond acceptors (Lipinski definition) is 9. The minimum Gasteiger partial charge on any atom is -0.356 e. The van der Waals surface area contributed by atoms with Crippen LogP contribution in [-0.4, -0.2) is 48.7 Å². The van der Waals surface area contributed by atoms with Gasteiger partial charge in [-0.05, 0) is 89.0 Å². The van der Waals surface area contributed by atoms with Gasteiger partial charge in [0.15, 0.2) is 0 Å². The second-order valence-corrected chi connectivity index (χ2v) is 12.7. The van der Waals surface area contributed by atoms with Crippen molar-refractivity contribution in [1.82, 2.24) is 29.3 Å². The maximum Gasteiger partial charge on any atom is 0.140 e. The van der Waals surface area contributed by atoms with Crippen LogP contribution in [0, 0.1) is 0 Å². The fourth-order valence-electron chi connectivity index (χ4n) is 4.21. The molecule has 0 aliphatic heterocycles. The van der Waals surface area contributed by atoms with Gasteiger partial charge in [-0.2, -0.15) is 15.3 Å². The lowest BCUT2D eigenvalue weighted by Crippen LogP contribution is -2.28. The van der Waals surface area contributed by atoms with Crippen LogP contribution in [0.5, 0.6) is 0 Å². The highest BCUT2D eigenvalue weighted by Gasteiger charge is 2.13. The first kappa shape index (κ1) is 30.8. The molecule has 0 N–H and O–H groups in total. The molecule has 12 heteroatoms. The van der Waals surface area contributed by atoms with Crippen LogP contribution in [0.3, 0.4) is 0 Å². The fourth-order valence-corrected chi connectivity index (χ4v) is 6.06. The molecule has 230 valence electrons. The van der Waals surface area contributed by atoms with Crippen molar-refractivity contribution in [2.75, 3.05) is 13.2 Å². The van der Waals surface area contributed by atoms with E-state index < -0.39 is 0 Å². The Morgan fingerprint density at radius 1 is 0.622 bits per heavy atom. The van der Waals surface area contributed by atoms with Crippen LogP contribution in [0.1, 0.15) is 31.7 Å². The van der Waals surface area contributed by atoms with Crippen molar-refractivity contribution in [3.05, 3.63) is 121 Å². The summed E-state index contributed by atoms with van der Waals surface area (Å²) >= 11 is 5.07. The van der Waals surface area contributed by atoms with Gasteiger partial charge in [0.25, 0.3) is 0 Å². The molecule has 0 aliphatic carbocycles. The Morgan fingerprint density at radius 3 is 1.67 bits per heavy atom. The molecular weight excluding hydrogens is 625 g/mol. The molecule has 6 aromatic heterocycles. The van der Waals surface area contributed by atoms with Crippen molar-refractivity contribution >= 4 is 70.5 Å². The number of rotatable bonds is 17. The Bertz CT molecular complexity index is 1690. The van der Waals surface area contributed by atoms with E-state index in [0.29, 0.717) is 26.7 Å². The van der Waals surface area contributed by atoms with Gasteiger partial charge in [0, 0.05) is 33.2 Å². The van der Waals surface area contributed by atoms with Crippen LogP contribution in [0.25, 0.3) is 36.5 Å². The number of aromatic nitrogens is 6. The highest BCUT2D eigenvalue weighted by molar-refractivity contribution is 7.11. The summed E-state index contributed by atoms with van der Waals surface area (Å²) in [6, 6.07) is 18.2. The number of nitrogens with zero attached hydrogens (tertiary/aromatic N) is 6. The Balaban J connectivity index is 1.03. The lowest BCUT2D eigenvalue weighted by atomic mass is 10.3. The third-order valence-corrected chi connectivity index (χ3v) is 8.96. The highest BCUT2D eigenvalue weighted by Crippen LogP contribution is 2.15. The van der Waals surface area contributed by atoms with E-state index in [2.05, 4.69) is 67.9 Å². The first-order chi connectivity index (χ1) is 22.3. The molecule has 0 unspecified atom stereocenters. The minimum atomic E-state index is -0.342. The summed E-state index contributed by atoms with van der Waals surface area (Å²) in [6.45, 7) is 1.48. The van der Waals surface area contributed by atoms with E-state index in [4.69, 9.17) is 14.2 Å². The van der Waals surface area contributed by atoms with E-state index in [1.54, 1.807) is 49.6 Å². The maximum absolute atomic E-state index is 6.25. The zero-order chi connectivity index (χ0) is 30.5. The molecule has 0 aromatic carbocycles. The molecular formula is C33H32N6O3S3. The lowest BCUT2D eigenvalue weighted by molar-refractivity contribution is -0.104. The fraction of sp³-hybridized carbons (Fsp3) is 0.182. The van der Waals surface area contributed by atoms with E-state index in [0.717, 1.165) is 17.1 Å². The number of thiophene rings is 3. The maximum atomic E-state index is 6.25. The van der Waals surface area contributed by atoms with Gasteiger partial charge in [-0.1, -0.05) is 18.2 Å². The molecule has 45 heavy (non-hydrogen) atoms. The van der Waals surface area contributed by atoms with Crippen molar-refractivity contribution < 1.29 is 14.2 Å². The lowest BCUT2D eigenvalue weighted by Gasteiger charge is -2.19. The van der Waals surface area contributed by atoms with Crippen molar-refractivity contribution in [2.45, 2.75) is 26.3 Å². The molecule has 6 rings (SSSR count). The third kappa shape index (κ3) is 9.66. The second kappa shape index (κ2) is 16.2. The first-order valence-corrected chi connectivity index (χ1v) is 16.9. The van der Waals surface area contributed by atoms with E-state index in [-0.39, 0.29) is 12.8 Å². The SMILES string of the molecule is C(=C\c1cccs1)/c1ccn(COCC(COCn2ccc(/C=C/c3cccs3)n2)OCn2nccc2/C=C/c2cccs2)n1. The summed E-state index contributed by atoms with van der Waals surface area (Å²) < 4.78 is 23.6.